The second-order valence-corrected chi connectivity index (χ2v) is 6.40. The smallest absolute Gasteiger partial charge is 0.222 e. The zero-order valence-corrected chi connectivity index (χ0v) is 12.3. The largest absolute Gasteiger partial charge is 0.352 e. The fourth-order valence-corrected chi connectivity index (χ4v) is 3.49. The topological polar surface area (TPSA) is 58.4 Å². The van der Waals surface area contributed by atoms with Crippen LogP contribution in [0.3, 0.4) is 0 Å². The van der Waals surface area contributed by atoms with Gasteiger partial charge in [0.15, 0.2) is 0 Å². The van der Waals surface area contributed by atoms with Gasteiger partial charge in [-0.3, -0.25) is 4.79 Å². The minimum absolute atomic E-state index is 0.160. The van der Waals surface area contributed by atoms with Crippen LogP contribution >= 0.6 is 0 Å². The van der Waals surface area contributed by atoms with Crippen molar-refractivity contribution in [1.82, 2.24) is 10.2 Å². The van der Waals surface area contributed by atoms with Crippen molar-refractivity contribution in [3.05, 3.63) is 0 Å². The number of piperidine rings is 1. The molecule has 4 nitrogen and oxygen atoms in total. The van der Waals surface area contributed by atoms with E-state index < -0.39 is 0 Å². The molecule has 1 atom stereocenters. The van der Waals surface area contributed by atoms with Gasteiger partial charge in [-0.15, -0.1) is 0 Å². The molecule has 1 aliphatic heterocycles. The average Bonchev–Trinajstić information content (AvgIpc) is 2.39. The first-order valence-corrected chi connectivity index (χ1v) is 7.92. The van der Waals surface area contributed by atoms with E-state index in [4.69, 9.17) is 5.73 Å². The lowest BCUT2D eigenvalue weighted by Gasteiger charge is -2.35. The summed E-state index contributed by atoms with van der Waals surface area (Å²) in [5, 5.41) is 3.20. The summed E-state index contributed by atoms with van der Waals surface area (Å²) in [5.41, 5.74) is 6.11. The van der Waals surface area contributed by atoms with Gasteiger partial charge in [-0.2, -0.15) is 0 Å². The summed E-state index contributed by atoms with van der Waals surface area (Å²) >= 11 is 0. The Morgan fingerprint density at radius 2 is 2.05 bits per heavy atom. The van der Waals surface area contributed by atoms with Crippen LogP contribution in [-0.4, -0.2) is 42.0 Å². The molecule has 1 amide bonds. The SMILES string of the molecule is CCN1CCCC(NC(=O)CC2(N)CCCCC2)C1. The Balaban J connectivity index is 1.77. The van der Waals surface area contributed by atoms with Crippen LogP contribution in [0.4, 0.5) is 0 Å². The number of likely N-dealkylation sites (N-methyl/N-ethyl adjacent to an activating group) is 1. The molecule has 1 aliphatic carbocycles. The number of nitrogens with zero attached hydrogens (tertiary/aromatic N) is 1. The Hall–Kier alpha value is -0.610. The van der Waals surface area contributed by atoms with E-state index in [9.17, 15) is 4.79 Å². The van der Waals surface area contributed by atoms with Gasteiger partial charge in [-0.05, 0) is 38.8 Å². The second kappa shape index (κ2) is 6.71. The summed E-state index contributed by atoms with van der Waals surface area (Å²) in [5.74, 6) is 0.160. The quantitative estimate of drug-likeness (QED) is 0.814. The fraction of sp³-hybridized carbons (Fsp3) is 0.933. The third-order valence-electron chi connectivity index (χ3n) is 4.68. The van der Waals surface area contributed by atoms with E-state index in [2.05, 4.69) is 17.1 Å². The van der Waals surface area contributed by atoms with Gasteiger partial charge in [0.25, 0.3) is 0 Å². The van der Waals surface area contributed by atoms with Gasteiger partial charge in [-0.1, -0.05) is 26.2 Å². The van der Waals surface area contributed by atoms with Crippen molar-refractivity contribution in [1.29, 1.82) is 0 Å². The molecule has 1 saturated heterocycles. The highest BCUT2D eigenvalue weighted by molar-refractivity contribution is 5.77. The Morgan fingerprint density at radius 3 is 2.74 bits per heavy atom. The Bertz CT molecular complexity index is 300. The van der Waals surface area contributed by atoms with Crippen LogP contribution in [0.15, 0.2) is 0 Å². The number of likely N-dealkylation sites (tertiary alicyclic amines) is 1. The molecule has 0 radical (unpaired) electrons. The lowest BCUT2D eigenvalue weighted by molar-refractivity contribution is -0.123. The van der Waals surface area contributed by atoms with E-state index in [-0.39, 0.29) is 11.4 Å². The molecule has 4 heteroatoms. The van der Waals surface area contributed by atoms with Crippen LogP contribution in [0.2, 0.25) is 0 Å². The van der Waals surface area contributed by atoms with Crippen molar-refractivity contribution >= 4 is 5.91 Å². The molecule has 0 spiro atoms. The van der Waals surface area contributed by atoms with E-state index in [0.717, 1.165) is 32.4 Å². The van der Waals surface area contributed by atoms with E-state index in [1.807, 2.05) is 0 Å². The van der Waals surface area contributed by atoms with Crippen LogP contribution in [0.25, 0.3) is 0 Å². The second-order valence-electron chi connectivity index (χ2n) is 6.40. The zero-order valence-electron chi connectivity index (χ0n) is 12.3. The lowest BCUT2D eigenvalue weighted by Crippen LogP contribution is -2.51. The van der Waals surface area contributed by atoms with Gasteiger partial charge in [0.05, 0.1) is 0 Å². The van der Waals surface area contributed by atoms with Crippen LogP contribution in [0.5, 0.6) is 0 Å². The minimum Gasteiger partial charge on any atom is -0.352 e. The third-order valence-corrected chi connectivity index (χ3v) is 4.68. The molecule has 2 fully saturated rings. The first-order valence-electron chi connectivity index (χ1n) is 7.92. The number of hydrogen-bond donors (Lipinski definition) is 2. The zero-order chi connectivity index (χ0) is 13.7. The van der Waals surface area contributed by atoms with Gasteiger partial charge < -0.3 is 16.0 Å². The summed E-state index contributed by atoms with van der Waals surface area (Å²) < 4.78 is 0. The van der Waals surface area contributed by atoms with Gasteiger partial charge >= 0.3 is 0 Å². The van der Waals surface area contributed by atoms with Crippen LogP contribution in [0.1, 0.15) is 58.3 Å². The average molecular weight is 267 g/mol. The number of carbonyl (C=O) groups excluding carboxylic acids is 1. The summed E-state index contributed by atoms with van der Waals surface area (Å²) in [6, 6.07) is 0.327. The summed E-state index contributed by atoms with van der Waals surface area (Å²) in [4.78, 5) is 14.6. The van der Waals surface area contributed by atoms with E-state index in [0.29, 0.717) is 12.5 Å². The van der Waals surface area contributed by atoms with Crippen LogP contribution in [-0.2, 0) is 4.79 Å². The van der Waals surface area contributed by atoms with E-state index in [1.165, 1.54) is 32.2 Å². The van der Waals surface area contributed by atoms with Gasteiger partial charge in [0, 0.05) is 24.5 Å². The molecule has 110 valence electrons. The molecular weight excluding hydrogens is 238 g/mol. The first-order chi connectivity index (χ1) is 9.11. The minimum atomic E-state index is -0.235. The predicted molar refractivity (Wildman–Crippen MR) is 77.9 cm³/mol. The van der Waals surface area contributed by atoms with Crippen LogP contribution in [0, 0.1) is 0 Å². The number of rotatable bonds is 4. The van der Waals surface area contributed by atoms with E-state index in [1.54, 1.807) is 0 Å². The molecule has 1 unspecified atom stereocenters. The third kappa shape index (κ3) is 4.46. The molecule has 19 heavy (non-hydrogen) atoms. The van der Waals surface area contributed by atoms with Gasteiger partial charge in [-0.25, -0.2) is 0 Å². The van der Waals surface area contributed by atoms with Crippen LogP contribution < -0.4 is 11.1 Å². The lowest BCUT2D eigenvalue weighted by atomic mass is 9.80. The van der Waals surface area contributed by atoms with E-state index >= 15 is 0 Å². The molecule has 0 aromatic carbocycles. The highest BCUT2D eigenvalue weighted by atomic mass is 16.1. The number of hydrogen-bond acceptors (Lipinski definition) is 3. The summed E-state index contributed by atoms with van der Waals surface area (Å²) in [6.07, 6.45) is 8.45. The highest BCUT2D eigenvalue weighted by Gasteiger charge is 2.31. The van der Waals surface area contributed by atoms with Crippen molar-refractivity contribution in [2.45, 2.75) is 69.9 Å². The Labute approximate surface area is 117 Å². The summed E-state index contributed by atoms with van der Waals surface area (Å²) in [6.45, 7) is 5.43. The molecule has 2 rings (SSSR count). The molecule has 3 N–H and O–H groups in total. The molecule has 0 aromatic heterocycles. The van der Waals surface area contributed by atoms with Crippen molar-refractivity contribution in [2.75, 3.05) is 19.6 Å². The molecule has 0 aromatic rings. The molecule has 0 bridgehead atoms. The summed E-state index contributed by atoms with van der Waals surface area (Å²) in [7, 11) is 0. The number of carbonyl (C=O) groups is 1. The van der Waals surface area contributed by atoms with Gasteiger partial charge in [0.1, 0.15) is 0 Å². The number of nitrogens with one attached hydrogen (secondary N) is 1. The predicted octanol–water partition coefficient (Wildman–Crippen LogP) is 1.64. The normalized spacial score (nSPS) is 28.0. The number of amides is 1. The van der Waals surface area contributed by atoms with Gasteiger partial charge in [0.2, 0.25) is 5.91 Å². The van der Waals surface area contributed by atoms with Crippen molar-refractivity contribution < 1.29 is 4.79 Å². The highest BCUT2D eigenvalue weighted by Crippen LogP contribution is 2.28. The maximum Gasteiger partial charge on any atom is 0.222 e. The Kier molecular flexibility index (Phi) is 5.22. The van der Waals surface area contributed by atoms with Crippen molar-refractivity contribution in [2.24, 2.45) is 5.73 Å². The maximum atomic E-state index is 12.2. The monoisotopic (exact) mass is 267 g/mol. The van der Waals surface area contributed by atoms with Crippen molar-refractivity contribution in [3.8, 4) is 0 Å². The molecule has 1 heterocycles. The fourth-order valence-electron chi connectivity index (χ4n) is 3.49. The maximum absolute atomic E-state index is 12.2. The molecular formula is C15H29N3O. The standard InChI is InChI=1S/C15H29N3O/c1-2-18-10-6-7-13(12-18)17-14(19)11-15(16)8-4-3-5-9-15/h13H,2-12,16H2,1H3,(H,17,19). The number of nitrogens with two attached hydrogens (primary N) is 1. The molecule has 2 aliphatic rings. The Morgan fingerprint density at radius 1 is 1.32 bits per heavy atom. The molecule has 1 saturated carbocycles. The first kappa shape index (κ1) is 14.8. The van der Waals surface area contributed by atoms with Crippen molar-refractivity contribution in [3.63, 3.8) is 0 Å².